The Kier molecular flexibility index (Phi) is 3.08. The number of methoxy groups -OCH3 is 1. The molecule has 1 aromatic heterocycles. The van der Waals surface area contributed by atoms with Crippen molar-refractivity contribution < 1.29 is 9.47 Å². The summed E-state index contributed by atoms with van der Waals surface area (Å²) >= 11 is 7.03. The minimum Gasteiger partial charge on any atom is -0.497 e. The molecule has 15 heavy (non-hydrogen) atoms. The van der Waals surface area contributed by atoms with E-state index in [0.717, 1.165) is 5.75 Å². The van der Waals surface area contributed by atoms with Gasteiger partial charge in [-0.3, -0.25) is 0 Å². The maximum Gasteiger partial charge on any atom is 0.280 e. The zero-order chi connectivity index (χ0) is 10.7. The fourth-order valence-corrected chi connectivity index (χ4v) is 1.84. The number of aromatic nitrogens is 1. The molecule has 0 N–H and O–H groups in total. The van der Waals surface area contributed by atoms with Crippen LogP contribution in [0.5, 0.6) is 16.7 Å². The van der Waals surface area contributed by atoms with Crippen LogP contribution in [0.4, 0.5) is 0 Å². The number of ether oxygens (including phenoxy) is 2. The van der Waals surface area contributed by atoms with Gasteiger partial charge < -0.3 is 9.47 Å². The van der Waals surface area contributed by atoms with Crippen molar-refractivity contribution in [3.05, 3.63) is 34.8 Å². The average Bonchev–Trinajstić information content (AvgIpc) is 2.65. The van der Waals surface area contributed by atoms with Gasteiger partial charge in [-0.25, -0.2) is 0 Å². The quantitative estimate of drug-likeness (QED) is 0.823. The van der Waals surface area contributed by atoms with Crippen molar-refractivity contribution in [2.45, 2.75) is 0 Å². The molecule has 2 aromatic rings. The standard InChI is InChI=1S/C10H8ClNO2S/c1-13-7-2-4-8(5-3-7)14-10-12-9(11)6-15-10/h2-6H,1H3. The molecule has 5 heteroatoms. The summed E-state index contributed by atoms with van der Waals surface area (Å²) in [4.78, 5) is 3.98. The Morgan fingerprint density at radius 1 is 1.20 bits per heavy atom. The third kappa shape index (κ3) is 2.61. The molecular formula is C10H8ClNO2S. The Bertz CT molecular complexity index is 441. The van der Waals surface area contributed by atoms with Gasteiger partial charge in [-0.05, 0) is 24.3 Å². The number of benzene rings is 1. The molecule has 0 saturated heterocycles. The Labute approximate surface area is 96.2 Å². The third-order valence-electron chi connectivity index (χ3n) is 1.72. The second-order valence-electron chi connectivity index (χ2n) is 2.71. The summed E-state index contributed by atoms with van der Waals surface area (Å²) < 4.78 is 10.5. The van der Waals surface area contributed by atoms with E-state index in [1.165, 1.54) is 11.3 Å². The number of nitrogens with zero attached hydrogens (tertiary/aromatic N) is 1. The van der Waals surface area contributed by atoms with Crippen LogP contribution in [0, 0.1) is 0 Å². The van der Waals surface area contributed by atoms with E-state index in [1.807, 2.05) is 24.3 Å². The number of hydrogen-bond acceptors (Lipinski definition) is 4. The highest BCUT2D eigenvalue weighted by Crippen LogP contribution is 2.27. The first kappa shape index (κ1) is 10.3. The van der Waals surface area contributed by atoms with Crippen LogP contribution < -0.4 is 9.47 Å². The molecule has 0 aliphatic heterocycles. The van der Waals surface area contributed by atoms with E-state index in [2.05, 4.69) is 4.98 Å². The summed E-state index contributed by atoms with van der Waals surface area (Å²) in [6.07, 6.45) is 0. The second kappa shape index (κ2) is 4.51. The van der Waals surface area contributed by atoms with E-state index < -0.39 is 0 Å². The van der Waals surface area contributed by atoms with Crippen molar-refractivity contribution in [1.29, 1.82) is 0 Å². The summed E-state index contributed by atoms with van der Waals surface area (Å²) in [6.45, 7) is 0. The Morgan fingerprint density at radius 2 is 1.87 bits per heavy atom. The first-order valence-corrected chi connectivity index (χ1v) is 5.46. The lowest BCUT2D eigenvalue weighted by Crippen LogP contribution is -1.84. The molecule has 78 valence electrons. The SMILES string of the molecule is COc1ccc(Oc2nc(Cl)cs2)cc1. The maximum atomic E-state index is 5.67. The van der Waals surface area contributed by atoms with Crippen LogP contribution in [0.25, 0.3) is 0 Å². The summed E-state index contributed by atoms with van der Waals surface area (Å²) in [7, 11) is 1.62. The first-order valence-electron chi connectivity index (χ1n) is 4.21. The number of rotatable bonds is 3. The molecule has 0 atom stereocenters. The molecule has 0 radical (unpaired) electrons. The smallest absolute Gasteiger partial charge is 0.280 e. The van der Waals surface area contributed by atoms with Crippen molar-refractivity contribution in [2.75, 3.05) is 7.11 Å². The molecule has 2 rings (SSSR count). The fraction of sp³-hybridized carbons (Fsp3) is 0.100. The van der Waals surface area contributed by atoms with Crippen LogP contribution in [0.2, 0.25) is 5.15 Å². The number of halogens is 1. The van der Waals surface area contributed by atoms with Gasteiger partial charge in [0.15, 0.2) is 0 Å². The fourth-order valence-electron chi connectivity index (χ4n) is 1.03. The van der Waals surface area contributed by atoms with E-state index >= 15 is 0 Å². The molecule has 0 unspecified atom stereocenters. The van der Waals surface area contributed by atoms with E-state index in [9.17, 15) is 0 Å². The monoisotopic (exact) mass is 241 g/mol. The lowest BCUT2D eigenvalue weighted by atomic mass is 10.3. The summed E-state index contributed by atoms with van der Waals surface area (Å²) in [5, 5.41) is 2.70. The van der Waals surface area contributed by atoms with Gasteiger partial charge in [0.05, 0.1) is 7.11 Å². The number of thiazole rings is 1. The third-order valence-corrected chi connectivity index (χ3v) is 2.76. The maximum absolute atomic E-state index is 5.67. The average molecular weight is 242 g/mol. The largest absolute Gasteiger partial charge is 0.497 e. The molecule has 0 fully saturated rings. The predicted molar refractivity (Wildman–Crippen MR) is 60.2 cm³/mol. The van der Waals surface area contributed by atoms with Crippen LogP contribution in [0.15, 0.2) is 29.6 Å². The van der Waals surface area contributed by atoms with Crippen LogP contribution in [-0.2, 0) is 0 Å². The molecular weight excluding hydrogens is 234 g/mol. The van der Waals surface area contributed by atoms with E-state index in [4.69, 9.17) is 21.1 Å². The van der Waals surface area contributed by atoms with Crippen LogP contribution in [-0.4, -0.2) is 12.1 Å². The van der Waals surface area contributed by atoms with Crippen molar-refractivity contribution in [2.24, 2.45) is 0 Å². The van der Waals surface area contributed by atoms with Gasteiger partial charge >= 0.3 is 0 Å². The molecule has 0 amide bonds. The molecule has 0 saturated carbocycles. The Hall–Kier alpha value is -1.26. The van der Waals surface area contributed by atoms with Gasteiger partial charge in [-0.15, -0.1) is 0 Å². The van der Waals surface area contributed by atoms with Gasteiger partial charge in [-0.1, -0.05) is 22.9 Å². The molecule has 1 aromatic carbocycles. The van der Waals surface area contributed by atoms with E-state index in [0.29, 0.717) is 16.1 Å². The van der Waals surface area contributed by atoms with Gasteiger partial charge in [0.1, 0.15) is 16.7 Å². The first-order chi connectivity index (χ1) is 7.28. The van der Waals surface area contributed by atoms with Gasteiger partial charge in [0, 0.05) is 5.38 Å². The van der Waals surface area contributed by atoms with Crippen LogP contribution in [0.1, 0.15) is 0 Å². The lowest BCUT2D eigenvalue weighted by molar-refractivity contribution is 0.412. The predicted octanol–water partition coefficient (Wildman–Crippen LogP) is 3.60. The van der Waals surface area contributed by atoms with Gasteiger partial charge in [0.25, 0.3) is 5.19 Å². The van der Waals surface area contributed by atoms with Crippen molar-refractivity contribution in [1.82, 2.24) is 4.98 Å². The summed E-state index contributed by atoms with van der Waals surface area (Å²) in [5.41, 5.74) is 0. The summed E-state index contributed by atoms with van der Waals surface area (Å²) in [6, 6.07) is 7.28. The van der Waals surface area contributed by atoms with Gasteiger partial charge in [0.2, 0.25) is 0 Å². The van der Waals surface area contributed by atoms with E-state index in [-0.39, 0.29) is 0 Å². The zero-order valence-electron chi connectivity index (χ0n) is 7.94. The second-order valence-corrected chi connectivity index (χ2v) is 3.92. The van der Waals surface area contributed by atoms with Crippen molar-refractivity contribution >= 4 is 22.9 Å². The Balaban J connectivity index is 2.11. The van der Waals surface area contributed by atoms with Crippen molar-refractivity contribution in [3.63, 3.8) is 0 Å². The van der Waals surface area contributed by atoms with Crippen LogP contribution in [0.3, 0.4) is 0 Å². The van der Waals surface area contributed by atoms with Crippen molar-refractivity contribution in [3.8, 4) is 16.7 Å². The van der Waals surface area contributed by atoms with E-state index in [1.54, 1.807) is 12.5 Å². The summed E-state index contributed by atoms with van der Waals surface area (Å²) in [5.74, 6) is 1.50. The van der Waals surface area contributed by atoms with Gasteiger partial charge in [-0.2, -0.15) is 4.98 Å². The van der Waals surface area contributed by atoms with Crippen LogP contribution >= 0.6 is 22.9 Å². The lowest BCUT2D eigenvalue weighted by Gasteiger charge is -2.02. The molecule has 0 aliphatic rings. The minimum absolute atomic E-state index is 0.448. The topological polar surface area (TPSA) is 31.4 Å². The molecule has 1 heterocycles. The molecule has 0 aliphatic carbocycles. The molecule has 3 nitrogen and oxygen atoms in total. The normalized spacial score (nSPS) is 10.0. The highest BCUT2D eigenvalue weighted by atomic mass is 35.5. The number of hydrogen-bond donors (Lipinski definition) is 0. The Morgan fingerprint density at radius 3 is 2.40 bits per heavy atom. The molecule has 0 bridgehead atoms. The molecule has 0 spiro atoms. The minimum atomic E-state index is 0.448. The highest BCUT2D eigenvalue weighted by Gasteiger charge is 2.02. The highest BCUT2D eigenvalue weighted by molar-refractivity contribution is 7.11. The zero-order valence-corrected chi connectivity index (χ0v) is 9.51.